The first-order valence-corrected chi connectivity index (χ1v) is 5.97. The molecule has 2 aromatic rings. The van der Waals surface area contributed by atoms with Gasteiger partial charge >= 0.3 is 0 Å². The zero-order valence-electron chi connectivity index (χ0n) is 10.6. The minimum absolute atomic E-state index is 0.0226. The highest BCUT2D eigenvalue weighted by Gasteiger charge is 2.11. The molecule has 2 rings (SSSR count). The Labute approximate surface area is 106 Å². The normalized spacial score (nSPS) is 12.4. The number of benzene rings is 1. The quantitative estimate of drug-likeness (QED) is 0.877. The van der Waals surface area contributed by atoms with Crippen LogP contribution in [0.2, 0.25) is 0 Å². The number of rotatable bonds is 5. The second-order valence-electron chi connectivity index (χ2n) is 4.08. The summed E-state index contributed by atoms with van der Waals surface area (Å²) in [7, 11) is 0. The summed E-state index contributed by atoms with van der Waals surface area (Å²) in [5.41, 5.74) is 7.03. The fourth-order valence-corrected chi connectivity index (χ4v) is 1.68. The number of ether oxygens (including phenoxy) is 1. The lowest BCUT2D eigenvalue weighted by molar-refractivity contribution is 0.239. The van der Waals surface area contributed by atoms with Gasteiger partial charge in [0.25, 0.3) is 5.89 Å². The molecule has 0 saturated heterocycles. The summed E-state index contributed by atoms with van der Waals surface area (Å²) in [6, 6.07) is 7.72. The first-order valence-electron chi connectivity index (χ1n) is 5.97. The molecule has 0 unspecified atom stereocenters. The zero-order valence-corrected chi connectivity index (χ0v) is 10.6. The van der Waals surface area contributed by atoms with Gasteiger partial charge in [-0.15, -0.1) is 0 Å². The van der Waals surface area contributed by atoms with Gasteiger partial charge in [-0.2, -0.15) is 4.98 Å². The van der Waals surface area contributed by atoms with Gasteiger partial charge in [0.1, 0.15) is 5.75 Å². The van der Waals surface area contributed by atoms with E-state index in [1.807, 2.05) is 31.2 Å². The van der Waals surface area contributed by atoms with Crippen LogP contribution >= 0.6 is 0 Å². The summed E-state index contributed by atoms with van der Waals surface area (Å²) in [6.07, 6.45) is 0.861. The van der Waals surface area contributed by atoms with Crippen LogP contribution in [0.3, 0.4) is 0 Å². The molecule has 96 valence electrons. The number of hydrogen-bond acceptors (Lipinski definition) is 5. The van der Waals surface area contributed by atoms with Crippen molar-refractivity contribution in [3.63, 3.8) is 0 Å². The Hall–Kier alpha value is -1.88. The maximum absolute atomic E-state index is 6.04. The Kier molecular flexibility index (Phi) is 3.94. The summed E-state index contributed by atoms with van der Waals surface area (Å²) in [6.45, 7) is 4.07. The van der Waals surface area contributed by atoms with Crippen molar-refractivity contribution < 1.29 is 9.26 Å². The van der Waals surface area contributed by atoms with Crippen molar-refractivity contribution in [2.24, 2.45) is 5.73 Å². The summed E-state index contributed by atoms with van der Waals surface area (Å²) in [5, 5.41) is 3.71. The SMILES string of the molecule is CC[C@H](N)c1ccccc1OCc1nc(C)no1. The molecule has 0 fully saturated rings. The third-order valence-electron chi connectivity index (χ3n) is 2.68. The van der Waals surface area contributed by atoms with Gasteiger partial charge in [0.2, 0.25) is 0 Å². The maximum Gasteiger partial charge on any atom is 0.264 e. The van der Waals surface area contributed by atoms with Crippen LogP contribution in [-0.4, -0.2) is 10.1 Å². The smallest absolute Gasteiger partial charge is 0.264 e. The Morgan fingerprint density at radius 3 is 2.83 bits per heavy atom. The van der Waals surface area contributed by atoms with E-state index in [9.17, 15) is 0 Å². The van der Waals surface area contributed by atoms with Crippen molar-refractivity contribution in [1.29, 1.82) is 0 Å². The maximum atomic E-state index is 6.04. The molecule has 0 spiro atoms. The van der Waals surface area contributed by atoms with E-state index >= 15 is 0 Å². The molecule has 1 atom stereocenters. The van der Waals surface area contributed by atoms with E-state index in [4.69, 9.17) is 15.0 Å². The van der Waals surface area contributed by atoms with E-state index < -0.39 is 0 Å². The highest BCUT2D eigenvalue weighted by Crippen LogP contribution is 2.25. The van der Waals surface area contributed by atoms with Crippen LogP contribution in [0.5, 0.6) is 5.75 Å². The molecule has 1 aromatic heterocycles. The molecule has 0 radical (unpaired) electrons. The van der Waals surface area contributed by atoms with Crippen molar-refractivity contribution in [2.45, 2.75) is 32.9 Å². The summed E-state index contributed by atoms with van der Waals surface area (Å²) < 4.78 is 10.7. The fraction of sp³-hybridized carbons (Fsp3) is 0.385. The van der Waals surface area contributed by atoms with Crippen molar-refractivity contribution in [1.82, 2.24) is 10.1 Å². The summed E-state index contributed by atoms with van der Waals surface area (Å²) in [5.74, 6) is 1.84. The van der Waals surface area contributed by atoms with E-state index in [2.05, 4.69) is 10.1 Å². The van der Waals surface area contributed by atoms with Gasteiger partial charge in [-0.05, 0) is 19.4 Å². The predicted octanol–water partition coefficient (Wildman–Crippen LogP) is 2.37. The topological polar surface area (TPSA) is 74.2 Å². The van der Waals surface area contributed by atoms with Crippen LogP contribution in [0, 0.1) is 6.92 Å². The van der Waals surface area contributed by atoms with Gasteiger partial charge in [-0.25, -0.2) is 0 Å². The predicted molar refractivity (Wildman–Crippen MR) is 67.0 cm³/mol. The number of nitrogens with two attached hydrogens (primary N) is 1. The number of hydrogen-bond donors (Lipinski definition) is 1. The lowest BCUT2D eigenvalue weighted by Gasteiger charge is -2.14. The van der Waals surface area contributed by atoms with Crippen molar-refractivity contribution in [2.75, 3.05) is 0 Å². The van der Waals surface area contributed by atoms with Gasteiger partial charge in [-0.1, -0.05) is 30.3 Å². The highest BCUT2D eigenvalue weighted by atomic mass is 16.5. The Bertz CT molecular complexity index is 510. The van der Waals surface area contributed by atoms with Crippen molar-refractivity contribution >= 4 is 0 Å². The Morgan fingerprint density at radius 2 is 2.17 bits per heavy atom. The largest absolute Gasteiger partial charge is 0.483 e. The molecule has 0 aliphatic carbocycles. The molecule has 1 aromatic carbocycles. The van der Waals surface area contributed by atoms with Gasteiger partial charge < -0.3 is 15.0 Å². The lowest BCUT2D eigenvalue weighted by Crippen LogP contribution is -2.10. The average Bonchev–Trinajstić information content (AvgIpc) is 2.81. The standard InChI is InChI=1S/C13H17N3O2/c1-3-11(14)10-6-4-5-7-12(10)17-8-13-15-9(2)16-18-13/h4-7,11H,3,8,14H2,1-2H3/t11-/m0/s1. The van der Waals surface area contributed by atoms with E-state index in [1.54, 1.807) is 6.92 Å². The van der Waals surface area contributed by atoms with E-state index in [0.717, 1.165) is 17.7 Å². The second kappa shape index (κ2) is 5.64. The van der Waals surface area contributed by atoms with Crippen LogP contribution < -0.4 is 10.5 Å². The Balaban J connectivity index is 2.09. The average molecular weight is 247 g/mol. The van der Waals surface area contributed by atoms with Crippen LogP contribution in [0.1, 0.15) is 36.7 Å². The minimum atomic E-state index is -0.0226. The van der Waals surface area contributed by atoms with Crippen LogP contribution in [0.25, 0.3) is 0 Å². The molecule has 0 amide bonds. The molecule has 2 N–H and O–H groups in total. The number of aryl methyl sites for hydroxylation is 1. The highest BCUT2D eigenvalue weighted by molar-refractivity contribution is 5.35. The van der Waals surface area contributed by atoms with Crippen LogP contribution in [0.4, 0.5) is 0 Å². The molecule has 0 aliphatic heterocycles. The molecular formula is C13H17N3O2. The molecule has 0 saturated carbocycles. The van der Waals surface area contributed by atoms with E-state index in [0.29, 0.717) is 11.7 Å². The van der Waals surface area contributed by atoms with Gasteiger partial charge in [0.05, 0.1) is 0 Å². The summed E-state index contributed by atoms with van der Waals surface area (Å²) in [4.78, 5) is 4.09. The molecule has 5 nitrogen and oxygen atoms in total. The minimum Gasteiger partial charge on any atom is -0.483 e. The van der Waals surface area contributed by atoms with Gasteiger partial charge in [0.15, 0.2) is 12.4 Å². The molecule has 0 bridgehead atoms. The summed E-state index contributed by atoms with van der Waals surface area (Å²) >= 11 is 0. The molecule has 0 aliphatic rings. The number of nitrogens with zero attached hydrogens (tertiary/aromatic N) is 2. The van der Waals surface area contributed by atoms with Crippen LogP contribution in [0.15, 0.2) is 28.8 Å². The molecule has 18 heavy (non-hydrogen) atoms. The third-order valence-corrected chi connectivity index (χ3v) is 2.68. The second-order valence-corrected chi connectivity index (χ2v) is 4.08. The molecule has 1 heterocycles. The monoisotopic (exact) mass is 247 g/mol. The number of para-hydroxylation sites is 1. The Morgan fingerprint density at radius 1 is 1.39 bits per heavy atom. The number of aromatic nitrogens is 2. The van der Waals surface area contributed by atoms with E-state index in [-0.39, 0.29) is 12.6 Å². The van der Waals surface area contributed by atoms with Gasteiger partial charge in [-0.3, -0.25) is 0 Å². The first kappa shape index (κ1) is 12.6. The van der Waals surface area contributed by atoms with E-state index in [1.165, 1.54) is 0 Å². The van der Waals surface area contributed by atoms with Crippen molar-refractivity contribution in [3.8, 4) is 5.75 Å². The first-order chi connectivity index (χ1) is 8.70. The van der Waals surface area contributed by atoms with Crippen LogP contribution in [-0.2, 0) is 6.61 Å². The van der Waals surface area contributed by atoms with Crippen molar-refractivity contribution in [3.05, 3.63) is 41.5 Å². The lowest BCUT2D eigenvalue weighted by atomic mass is 10.0. The fourth-order valence-electron chi connectivity index (χ4n) is 1.68. The third kappa shape index (κ3) is 2.87. The zero-order chi connectivity index (χ0) is 13.0. The molecular weight excluding hydrogens is 230 g/mol. The van der Waals surface area contributed by atoms with Gasteiger partial charge in [0, 0.05) is 11.6 Å². The molecule has 5 heteroatoms.